The second-order valence-electron chi connectivity index (χ2n) is 7.07. The Morgan fingerprint density at radius 3 is 2.83 bits per heavy atom. The number of aryl methyl sites for hydroxylation is 1. The van der Waals surface area contributed by atoms with Crippen molar-refractivity contribution in [3.8, 4) is 23.6 Å². The van der Waals surface area contributed by atoms with Gasteiger partial charge in [0.25, 0.3) is 0 Å². The summed E-state index contributed by atoms with van der Waals surface area (Å²) in [5, 5.41) is 10.3. The summed E-state index contributed by atoms with van der Waals surface area (Å²) in [5.41, 5.74) is 4.47. The average molecular weight is 317 g/mol. The van der Waals surface area contributed by atoms with Crippen LogP contribution in [0.5, 0.6) is 0 Å². The third-order valence-electron chi connectivity index (χ3n) is 5.35. The standard InChI is InChI=1S/C19H19N5/c1-3-12-6-15(7-12)24-11-16(19(22-24)13-4-5-13)17-8-18-14(9-20-17)10-21-23(18)2/h1,8-13,15H,4-7H2,2H3. The van der Waals surface area contributed by atoms with Crippen LogP contribution in [-0.4, -0.2) is 24.5 Å². The van der Waals surface area contributed by atoms with Crippen LogP contribution in [0.3, 0.4) is 0 Å². The molecule has 0 amide bonds. The zero-order chi connectivity index (χ0) is 16.3. The molecule has 0 spiro atoms. The molecule has 3 aromatic heterocycles. The first-order valence-electron chi connectivity index (χ1n) is 8.56. The molecule has 0 atom stereocenters. The minimum absolute atomic E-state index is 0.413. The molecule has 5 nitrogen and oxygen atoms in total. The van der Waals surface area contributed by atoms with Crippen molar-refractivity contribution < 1.29 is 0 Å². The van der Waals surface area contributed by atoms with E-state index >= 15 is 0 Å². The van der Waals surface area contributed by atoms with E-state index in [2.05, 4.69) is 32.9 Å². The molecule has 0 bridgehead atoms. The van der Waals surface area contributed by atoms with Crippen molar-refractivity contribution in [3.63, 3.8) is 0 Å². The number of fused-ring (bicyclic) bond motifs is 1. The number of hydrogen-bond donors (Lipinski definition) is 0. The first kappa shape index (κ1) is 13.8. The molecule has 0 aromatic carbocycles. The van der Waals surface area contributed by atoms with Gasteiger partial charge in [-0.15, -0.1) is 12.3 Å². The Morgan fingerprint density at radius 1 is 1.25 bits per heavy atom. The van der Waals surface area contributed by atoms with Gasteiger partial charge in [-0.3, -0.25) is 14.3 Å². The lowest BCUT2D eigenvalue weighted by Crippen LogP contribution is -2.26. The second kappa shape index (κ2) is 4.94. The fraction of sp³-hybridized carbons (Fsp3) is 0.421. The predicted octanol–water partition coefficient (Wildman–Crippen LogP) is 3.29. The molecule has 24 heavy (non-hydrogen) atoms. The van der Waals surface area contributed by atoms with Crippen molar-refractivity contribution in [1.29, 1.82) is 0 Å². The smallest absolute Gasteiger partial charge is 0.0758 e. The highest BCUT2D eigenvalue weighted by molar-refractivity contribution is 5.82. The molecule has 0 aliphatic heterocycles. The summed E-state index contributed by atoms with van der Waals surface area (Å²) >= 11 is 0. The summed E-state index contributed by atoms with van der Waals surface area (Å²) < 4.78 is 4.02. The Balaban J connectivity index is 1.57. The van der Waals surface area contributed by atoms with Crippen LogP contribution in [0.4, 0.5) is 0 Å². The predicted molar refractivity (Wildman–Crippen MR) is 92.3 cm³/mol. The lowest BCUT2D eigenvalue weighted by atomic mass is 9.81. The van der Waals surface area contributed by atoms with E-state index in [1.807, 2.05) is 24.1 Å². The Morgan fingerprint density at radius 2 is 2.08 bits per heavy atom. The van der Waals surface area contributed by atoms with Gasteiger partial charge in [0, 0.05) is 42.2 Å². The maximum Gasteiger partial charge on any atom is 0.0758 e. The zero-order valence-electron chi connectivity index (χ0n) is 13.7. The van der Waals surface area contributed by atoms with Crippen LogP contribution in [0.1, 0.15) is 43.3 Å². The number of hydrogen-bond acceptors (Lipinski definition) is 3. The maximum absolute atomic E-state index is 5.52. The first-order valence-corrected chi connectivity index (χ1v) is 8.56. The topological polar surface area (TPSA) is 48.5 Å². The quantitative estimate of drug-likeness (QED) is 0.696. The van der Waals surface area contributed by atoms with E-state index in [-0.39, 0.29) is 0 Å². The summed E-state index contributed by atoms with van der Waals surface area (Å²) in [6.45, 7) is 0. The molecule has 3 heterocycles. The molecule has 0 N–H and O–H groups in total. The van der Waals surface area contributed by atoms with Crippen LogP contribution >= 0.6 is 0 Å². The van der Waals surface area contributed by atoms with E-state index in [0.717, 1.165) is 29.4 Å². The first-order chi connectivity index (χ1) is 11.7. The molecule has 2 fully saturated rings. The largest absolute Gasteiger partial charge is 0.269 e. The van der Waals surface area contributed by atoms with Crippen LogP contribution in [0, 0.1) is 18.3 Å². The maximum atomic E-state index is 5.52. The van der Waals surface area contributed by atoms with Crippen molar-refractivity contribution >= 4 is 10.9 Å². The van der Waals surface area contributed by atoms with E-state index < -0.39 is 0 Å². The Hall–Kier alpha value is -2.61. The number of nitrogens with zero attached hydrogens (tertiary/aromatic N) is 5. The van der Waals surface area contributed by atoms with Gasteiger partial charge in [0.1, 0.15) is 0 Å². The molecular weight excluding hydrogens is 298 g/mol. The van der Waals surface area contributed by atoms with Crippen molar-refractivity contribution in [3.05, 3.63) is 30.4 Å². The van der Waals surface area contributed by atoms with Gasteiger partial charge >= 0.3 is 0 Å². The SMILES string of the molecule is C#CC1CC(n2cc(-c3cc4c(cn3)cnn4C)c(C3CC3)n2)C1. The lowest BCUT2D eigenvalue weighted by Gasteiger charge is -2.31. The molecule has 0 saturated heterocycles. The van der Waals surface area contributed by atoms with Crippen LogP contribution < -0.4 is 0 Å². The summed E-state index contributed by atoms with van der Waals surface area (Å²) in [5.74, 6) is 3.85. The average Bonchev–Trinajstić information content (AvgIpc) is 3.21. The number of pyridine rings is 1. The molecule has 2 aliphatic rings. The molecule has 0 radical (unpaired) electrons. The van der Waals surface area contributed by atoms with Crippen molar-refractivity contribution in [2.45, 2.75) is 37.6 Å². The normalized spacial score (nSPS) is 23.2. The third kappa shape index (κ3) is 2.06. The van der Waals surface area contributed by atoms with Crippen LogP contribution in [0.15, 0.2) is 24.7 Å². The summed E-state index contributed by atoms with van der Waals surface area (Å²) in [6.07, 6.45) is 16.0. The minimum atomic E-state index is 0.413. The van der Waals surface area contributed by atoms with E-state index in [9.17, 15) is 0 Å². The third-order valence-corrected chi connectivity index (χ3v) is 5.35. The molecule has 5 heteroatoms. The van der Waals surface area contributed by atoms with Crippen LogP contribution in [-0.2, 0) is 7.05 Å². The van der Waals surface area contributed by atoms with Gasteiger partial charge in [-0.1, -0.05) is 0 Å². The fourth-order valence-electron chi connectivity index (χ4n) is 3.58. The van der Waals surface area contributed by atoms with Gasteiger partial charge < -0.3 is 0 Å². The van der Waals surface area contributed by atoms with Gasteiger partial charge in [0.2, 0.25) is 0 Å². The molecular formula is C19H19N5. The minimum Gasteiger partial charge on any atom is -0.269 e. The fourth-order valence-corrected chi connectivity index (χ4v) is 3.58. The van der Waals surface area contributed by atoms with Gasteiger partial charge in [0.05, 0.1) is 29.1 Å². The van der Waals surface area contributed by atoms with Crippen LogP contribution in [0.2, 0.25) is 0 Å². The lowest BCUT2D eigenvalue weighted by molar-refractivity contribution is 0.231. The zero-order valence-corrected chi connectivity index (χ0v) is 13.7. The molecule has 5 rings (SSSR count). The summed E-state index contributed by atoms with van der Waals surface area (Å²) in [7, 11) is 1.96. The number of rotatable bonds is 3. The molecule has 0 unspecified atom stereocenters. The highest BCUT2D eigenvalue weighted by Gasteiger charge is 2.34. The van der Waals surface area contributed by atoms with E-state index in [4.69, 9.17) is 11.5 Å². The highest BCUT2D eigenvalue weighted by atomic mass is 15.3. The van der Waals surface area contributed by atoms with Gasteiger partial charge in [-0.2, -0.15) is 10.2 Å². The molecule has 2 aliphatic carbocycles. The second-order valence-corrected chi connectivity index (χ2v) is 7.07. The van der Waals surface area contributed by atoms with Crippen molar-refractivity contribution in [1.82, 2.24) is 24.5 Å². The van der Waals surface area contributed by atoms with Gasteiger partial charge in [0.15, 0.2) is 0 Å². The van der Waals surface area contributed by atoms with Crippen LogP contribution in [0.25, 0.3) is 22.2 Å². The van der Waals surface area contributed by atoms with Crippen molar-refractivity contribution in [2.24, 2.45) is 13.0 Å². The number of terminal acetylenes is 1. The Bertz CT molecular complexity index is 963. The van der Waals surface area contributed by atoms with E-state index in [1.165, 1.54) is 24.1 Å². The Kier molecular flexibility index (Phi) is 2.84. The van der Waals surface area contributed by atoms with E-state index in [0.29, 0.717) is 17.9 Å². The van der Waals surface area contributed by atoms with Crippen molar-refractivity contribution in [2.75, 3.05) is 0 Å². The molecule has 120 valence electrons. The van der Waals surface area contributed by atoms with Gasteiger partial charge in [-0.25, -0.2) is 0 Å². The Labute approximate surface area is 140 Å². The monoisotopic (exact) mass is 317 g/mol. The molecule has 3 aromatic rings. The van der Waals surface area contributed by atoms with Gasteiger partial charge in [-0.05, 0) is 31.7 Å². The van der Waals surface area contributed by atoms with E-state index in [1.54, 1.807) is 0 Å². The summed E-state index contributed by atoms with van der Waals surface area (Å²) in [6, 6.07) is 2.57. The highest BCUT2D eigenvalue weighted by Crippen LogP contribution is 2.45. The summed E-state index contributed by atoms with van der Waals surface area (Å²) in [4.78, 5) is 4.67. The molecule has 2 saturated carbocycles. The number of aromatic nitrogens is 5.